The van der Waals surface area contributed by atoms with E-state index in [-0.39, 0.29) is 5.91 Å². The molecule has 2 fully saturated rings. The number of hydrogen-bond acceptors (Lipinski definition) is 3. The third-order valence-electron chi connectivity index (χ3n) is 5.60. The van der Waals surface area contributed by atoms with E-state index < -0.39 is 0 Å². The number of hydrogen-bond donors (Lipinski definition) is 2. The molecular weight excluding hydrogens is 252 g/mol. The van der Waals surface area contributed by atoms with Crippen molar-refractivity contribution >= 4 is 5.91 Å². The average Bonchev–Trinajstić information content (AvgIpc) is 2.85. The van der Waals surface area contributed by atoms with Crippen LogP contribution in [-0.2, 0) is 9.53 Å². The molecule has 2 aliphatic carbocycles. The maximum Gasteiger partial charge on any atom is 0.221 e. The van der Waals surface area contributed by atoms with Crippen LogP contribution < -0.4 is 10.6 Å². The van der Waals surface area contributed by atoms with Crippen molar-refractivity contribution in [2.24, 2.45) is 16.7 Å². The van der Waals surface area contributed by atoms with Crippen LogP contribution in [0.15, 0.2) is 0 Å². The van der Waals surface area contributed by atoms with Crippen molar-refractivity contribution in [2.45, 2.75) is 52.5 Å². The molecular formula is C16H30N2O2. The van der Waals surface area contributed by atoms with E-state index in [1.165, 1.54) is 19.3 Å². The lowest BCUT2D eigenvalue weighted by Crippen LogP contribution is -2.51. The largest absolute Gasteiger partial charge is 0.383 e. The molecule has 4 nitrogen and oxygen atoms in total. The van der Waals surface area contributed by atoms with Gasteiger partial charge in [0.2, 0.25) is 5.91 Å². The molecule has 116 valence electrons. The van der Waals surface area contributed by atoms with E-state index in [4.69, 9.17) is 4.74 Å². The van der Waals surface area contributed by atoms with Crippen molar-refractivity contribution in [2.75, 3.05) is 26.8 Å². The van der Waals surface area contributed by atoms with Crippen LogP contribution in [0.1, 0.15) is 46.5 Å². The van der Waals surface area contributed by atoms with Gasteiger partial charge in [-0.3, -0.25) is 4.79 Å². The molecule has 2 N–H and O–H groups in total. The predicted octanol–water partition coefficient (Wildman–Crippen LogP) is 1.94. The number of fused-ring (bicyclic) bond motifs is 2. The van der Waals surface area contributed by atoms with Gasteiger partial charge in [0.15, 0.2) is 0 Å². The fourth-order valence-corrected chi connectivity index (χ4v) is 4.52. The molecule has 1 amide bonds. The van der Waals surface area contributed by atoms with Crippen LogP contribution >= 0.6 is 0 Å². The van der Waals surface area contributed by atoms with Gasteiger partial charge >= 0.3 is 0 Å². The van der Waals surface area contributed by atoms with Crippen LogP contribution in [0.3, 0.4) is 0 Å². The van der Waals surface area contributed by atoms with Crippen molar-refractivity contribution in [3.05, 3.63) is 0 Å². The van der Waals surface area contributed by atoms with Crippen molar-refractivity contribution in [3.63, 3.8) is 0 Å². The van der Waals surface area contributed by atoms with Gasteiger partial charge in [-0.15, -0.1) is 0 Å². The molecule has 20 heavy (non-hydrogen) atoms. The smallest absolute Gasteiger partial charge is 0.221 e. The molecule has 2 saturated carbocycles. The first-order valence-electron chi connectivity index (χ1n) is 7.89. The second kappa shape index (κ2) is 6.02. The Hall–Kier alpha value is -0.610. The quantitative estimate of drug-likeness (QED) is 0.702. The lowest BCUT2D eigenvalue weighted by atomic mass is 9.68. The Labute approximate surface area is 123 Å². The minimum Gasteiger partial charge on any atom is -0.383 e. The minimum absolute atomic E-state index is 0.112. The molecule has 2 aliphatic rings. The molecule has 0 heterocycles. The summed E-state index contributed by atoms with van der Waals surface area (Å²) in [5.41, 5.74) is 0.792. The highest BCUT2D eigenvalue weighted by atomic mass is 16.5. The van der Waals surface area contributed by atoms with Gasteiger partial charge in [-0.1, -0.05) is 20.8 Å². The van der Waals surface area contributed by atoms with Gasteiger partial charge in [0.1, 0.15) is 0 Å². The summed E-state index contributed by atoms with van der Waals surface area (Å²) in [6, 6.07) is 0.542. The zero-order chi connectivity index (χ0) is 14.8. The topological polar surface area (TPSA) is 50.4 Å². The van der Waals surface area contributed by atoms with Crippen molar-refractivity contribution in [1.29, 1.82) is 0 Å². The average molecular weight is 282 g/mol. The zero-order valence-corrected chi connectivity index (χ0v) is 13.4. The molecule has 0 spiro atoms. The van der Waals surface area contributed by atoms with Gasteiger partial charge in [0, 0.05) is 32.7 Å². The van der Waals surface area contributed by atoms with Crippen LogP contribution in [0.2, 0.25) is 0 Å². The molecule has 0 aromatic heterocycles. The molecule has 0 saturated heterocycles. The Balaban J connectivity index is 1.75. The Morgan fingerprint density at radius 3 is 2.65 bits per heavy atom. The predicted molar refractivity (Wildman–Crippen MR) is 80.5 cm³/mol. The number of rotatable bonds is 7. The van der Waals surface area contributed by atoms with Crippen molar-refractivity contribution in [1.82, 2.24) is 10.6 Å². The monoisotopic (exact) mass is 282 g/mol. The van der Waals surface area contributed by atoms with Crippen LogP contribution in [0.25, 0.3) is 0 Å². The van der Waals surface area contributed by atoms with E-state index in [9.17, 15) is 4.79 Å². The van der Waals surface area contributed by atoms with Crippen LogP contribution in [-0.4, -0.2) is 38.8 Å². The lowest BCUT2D eigenvalue weighted by molar-refractivity contribution is -0.121. The highest BCUT2D eigenvalue weighted by Gasteiger charge is 2.58. The molecule has 4 heteroatoms. The van der Waals surface area contributed by atoms with E-state index >= 15 is 0 Å². The second-order valence-electron chi connectivity index (χ2n) is 7.40. The van der Waals surface area contributed by atoms with Gasteiger partial charge in [-0.2, -0.15) is 0 Å². The van der Waals surface area contributed by atoms with Gasteiger partial charge in [-0.25, -0.2) is 0 Å². The standard InChI is InChI=1S/C16H30N2O2/c1-15(2)12-5-7-16(3,11-12)14(15)18-8-6-13(19)17-9-10-20-4/h12,14,18H,5-11H2,1-4H3,(H,17,19). The third-order valence-corrected chi connectivity index (χ3v) is 5.60. The number of nitrogens with one attached hydrogen (secondary N) is 2. The molecule has 0 radical (unpaired) electrons. The number of carbonyl (C=O) groups is 1. The molecule has 2 bridgehead atoms. The number of methoxy groups -OCH3 is 1. The van der Waals surface area contributed by atoms with Crippen LogP contribution in [0, 0.1) is 16.7 Å². The lowest BCUT2D eigenvalue weighted by Gasteiger charge is -2.43. The fourth-order valence-electron chi connectivity index (χ4n) is 4.52. The summed E-state index contributed by atoms with van der Waals surface area (Å²) in [7, 11) is 1.64. The first kappa shape index (κ1) is 15.8. The normalized spacial score (nSPS) is 34.4. The van der Waals surface area contributed by atoms with E-state index in [0.717, 1.165) is 12.5 Å². The molecule has 0 aromatic carbocycles. The summed E-state index contributed by atoms with van der Waals surface area (Å²) in [4.78, 5) is 11.7. The van der Waals surface area contributed by atoms with Gasteiger partial charge in [-0.05, 0) is 36.0 Å². The first-order chi connectivity index (χ1) is 9.40. The summed E-state index contributed by atoms with van der Waals surface area (Å²) in [6.45, 7) is 9.14. The summed E-state index contributed by atoms with van der Waals surface area (Å²) in [5, 5.41) is 6.54. The SMILES string of the molecule is COCCNC(=O)CCNC1C2(C)CCC(C2)C1(C)C. The zero-order valence-electron chi connectivity index (χ0n) is 13.4. The first-order valence-corrected chi connectivity index (χ1v) is 7.89. The Morgan fingerprint density at radius 2 is 2.05 bits per heavy atom. The highest BCUT2D eigenvalue weighted by Crippen LogP contribution is 2.62. The Bertz CT molecular complexity index is 352. The Kier molecular flexibility index (Phi) is 4.75. The van der Waals surface area contributed by atoms with Gasteiger partial charge < -0.3 is 15.4 Å². The summed E-state index contributed by atoms with van der Waals surface area (Å²) >= 11 is 0. The summed E-state index contributed by atoms with van der Waals surface area (Å²) in [6.07, 6.45) is 4.60. The highest BCUT2D eigenvalue weighted by molar-refractivity contribution is 5.76. The summed E-state index contributed by atoms with van der Waals surface area (Å²) in [5.74, 6) is 0.959. The van der Waals surface area contributed by atoms with Gasteiger partial charge in [0.25, 0.3) is 0 Å². The number of carbonyl (C=O) groups excluding carboxylic acids is 1. The molecule has 0 aromatic rings. The molecule has 2 rings (SSSR count). The van der Waals surface area contributed by atoms with E-state index in [2.05, 4.69) is 31.4 Å². The maximum absolute atomic E-state index is 11.7. The van der Waals surface area contributed by atoms with Crippen molar-refractivity contribution < 1.29 is 9.53 Å². The minimum atomic E-state index is 0.112. The van der Waals surface area contributed by atoms with Crippen molar-refractivity contribution in [3.8, 4) is 0 Å². The summed E-state index contributed by atoms with van der Waals surface area (Å²) < 4.78 is 4.92. The number of amides is 1. The Morgan fingerprint density at radius 1 is 1.30 bits per heavy atom. The van der Waals surface area contributed by atoms with Crippen LogP contribution in [0.4, 0.5) is 0 Å². The second-order valence-corrected chi connectivity index (χ2v) is 7.40. The van der Waals surface area contributed by atoms with Crippen LogP contribution in [0.5, 0.6) is 0 Å². The van der Waals surface area contributed by atoms with Gasteiger partial charge in [0.05, 0.1) is 6.61 Å². The molecule has 3 atom stereocenters. The molecule has 0 aliphatic heterocycles. The van der Waals surface area contributed by atoms with E-state index in [1.807, 2.05) is 0 Å². The molecule has 3 unspecified atom stereocenters. The third kappa shape index (κ3) is 3.01. The fraction of sp³-hybridized carbons (Fsp3) is 0.938. The maximum atomic E-state index is 11.7. The van der Waals surface area contributed by atoms with E-state index in [1.54, 1.807) is 7.11 Å². The van der Waals surface area contributed by atoms with E-state index in [0.29, 0.717) is 36.4 Å². The number of ether oxygens (including phenoxy) is 1.